The summed E-state index contributed by atoms with van der Waals surface area (Å²) in [7, 11) is 2.01. The van der Waals surface area contributed by atoms with Crippen LogP contribution in [0, 0.1) is 11.3 Å². The monoisotopic (exact) mass is 235 g/mol. The third-order valence-corrected chi connectivity index (χ3v) is 3.15. The van der Waals surface area contributed by atoms with Crippen molar-refractivity contribution < 1.29 is 4.74 Å². The fraction of sp³-hybridized carbons (Fsp3) is 0.600. The lowest BCUT2D eigenvalue weighted by Gasteiger charge is -2.30. The van der Waals surface area contributed by atoms with E-state index in [0.29, 0.717) is 11.3 Å². The van der Waals surface area contributed by atoms with Gasteiger partial charge in [0, 0.05) is 0 Å². The second-order valence-corrected chi connectivity index (χ2v) is 5.57. The van der Waals surface area contributed by atoms with Crippen molar-refractivity contribution in [3.63, 3.8) is 0 Å². The van der Waals surface area contributed by atoms with Crippen LogP contribution in [0.3, 0.4) is 0 Å². The molecule has 2 heteroatoms. The molecule has 0 bridgehead atoms. The minimum atomic E-state index is 0.322. The third-order valence-electron chi connectivity index (χ3n) is 3.15. The van der Waals surface area contributed by atoms with Crippen molar-refractivity contribution in [1.29, 1.82) is 0 Å². The van der Waals surface area contributed by atoms with Crippen LogP contribution in [0.25, 0.3) is 0 Å². The average molecular weight is 235 g/mol. The molecule has 0 radical (unpaired) electrons. The predicted octanol–water partition coefficient (Wildman–Crippen LogP) is 3.34. The van der Waals surface area contributed by atoms with Gasteiger partial charge in [0.1, 0.15) is 5.75 Å². The van der Waals surface area contributed by atoms with E-state index in [-0.39, 0.29) is 0 Å². The summed E-state index contributed by atoms with van der Waals surface area (Å²) in [6.07, 6.45) is 1.08. The van der Waals surface area contributed by atoms with Gasteiger partial charge in [-0.1, -0.05) is 39.0 Å². The highest BCUT2D eigenvalue weighted by molar-refractivity contribution is 5.20. The Bertz CT molecular complexity index is 302. The summed E-state index contributed by atoms with van der Waals surface area (Å²) in [4.78, 5) is 0. The first-order valence-electron chi connectivity index (χ1n) is 6.36. The molecule has 0 fully saturated rings. The standard InChI is InChI=1S/C15H25NO/c1-15(2,3)13(12-16-4)10-11-17-14-8-6-5-7-9-14/h5-9,13,16H,10-12H2,1-4H3. The Kier molecular flexibility index (Phi) is 5.49. The fourth-order valence-electron chi connectivity index (χ4n) is 1.92. The maximum atomic E-state index is 5.75. The van der Waals surface area contributed by atoms with Crippen molar-refractivity contribution in [2.24, 2.45) is 11.3 Å². The molecule has 0 aliphatic rings. The van der Waals surface area contributed by atoms with Crippen LogP contribution in [0.1, 0.15) is 27.2 Å². The molecule has 1 aromatic carbocycles. The van der Waals surface area contributed by atoms with Crippen LogP contribution in [-0.4, -0.2) is 20.2 Å². The summed E-state index contributed by atoms with van der Waals surface area (Å²) < 4.78 is 5.75. The molecule has 0 aromatic heterocycles. The number of rotatable bonds is 6. The van der Waals surface area contributed by atoms with Crippen molar-refractivity contribution in [2.45, 2.75) is 27.2 Å². The van der Waals surface area contributed by atoms with Crippen molar-refractivity contribution in [3.05, 3.63) is 30.3 Å². The normalized spacial score (nSPS) is 13.4. The quantitative estimate of drug-likeness (QED) is 0.816. The molecule has 1 N–H and O–H groups in total. The van der Waals surface area contributed by atoms with E-state index in [0.717, 1.165) is 25.3 Å². The van der Waals surface area contributed by atoms with Crippen molar-refractivity contribution in [3.8, 4) is 5.75 Å². The maximum Gasteiger partial charge on any atom is 0.119 e. The van der Waals surface area contributed by atoms with E-state index in [1.54, 1.807) is 0 Å². The minimum absolute atomic E-state index is 0.322. The first kappa shape index (κ1) is 14.0. The Hall–Kier alpha value is -1.02. The van der Waals surface area contributed by atoms with Crippen LogP contribution in [0.5, 0.6) is 5.75 Å². The molecule has 0 spiro atoms. The van der Waals surface area contributed by atoms with Gasteiger partial charge in [-0.15, -0.1) is 0 Å². The molecular weight excluding hydrogens is 210 g/mol. The van der Waals surface area contributed by atoms with E-state index in [9.17, 15) is 0 Å². The first-order chi connectivity index (χ1) is 8.04. The predicted molar refractivity (Wildman–Crippen MR) is 73.4 cm³/mol. The average Bonchev–Trinajstić information content (AvgIpc) is 2.28. The van der Waals surface area contributed by atoms with Gasteiger partial charge in [-0.3, -0.25) is 0 Å². The molecule has 0 aliphatic heterocycles. The summed E-state index contributed by atoms with van der Waals surface area (Å²) >= 11 is 0. The molecule has 0 saturated carbocycles. The first-order valence-corrected chi connectivity index (χ1v) is 6.36. The molecule has 1 rings (SSSR count). The van der Waals surface area contributed by atoms with Gasteiger partial charge in [0.2, 0.25) is 0 Å². The van der Waals surface area contributed by atoms with Crippen LogP contribution >= 0.6 is 0 Å². The second-order valence-electron chi connectivity index (χ2n) is 5.57. The SMILES string of the molecule is CNCC(CCOc1ccccc1)C(C)(C)C. The van der Waals surface area contributed by atoms with E-state index in [4.69, 9.17) is 4.74 Å². The lowest BCUT2D eigenvalue weighted by atomic mass is 9.79. The van der Waals surface area contributed by atoms with Gasteiger partial charge in [0.05, 0.1) is 6.61 Å². The number of para-hydroxylation sites is 1. The molecule has 1 unspecified atom stereocenters. The van der Waals surface area contributed by atoms with E-state index in [1.807, 2.05) is 37.4 Å². The molecule has 0 amide bonds. The number of nitrogens with one attached hydrogen (secondary N) is 1. The Morgan fingerprint density at radius 3 is 2.35 bits per heavy atom. The van der Waals surface area contributed by atoms with Crippen LogP contribution in [0.2, 0.25) is 0 Å². The highest BCUT2D eigenvalue weighted by Crippen LogP contribution is 2.28. The molecule has 0 aliphatic carbocycles. The molecule has 1 atom stereocenters. The highest BCUT2D eigenvalue weighted by Gasteiger charge is 2.23. The lowest BCUT2D eigenvalue weighted by molar-refractivity contribution is 0.182. The number of ether oxygens (including phenoxy) is 1. The number of benzene rings is 1. The summed E-state index contributed by atoms with van der Waals surface area (Å²) in [5.74, 6) is 1.60. The fourth-order valence-corrected chi connectivity index (χ4v) is 1.92. The summed E-state index contributed by atoms with van der Waals surface area (Å²) in [6, 6.07) is 10.0. The third kappa shape index (κ3) is 5.22. The van der Waals surface area contributed by atoms with Crippen LogP contribution in [0.4, 0.5) is 0 Å². The maximum absolute atomic E-state index is 5.75. The molecule has 1 aromatic rings. The Labute approximate surface area is 105 Å². The number of hydrogen-bond donors (Lipinski definition) is 1. The summed E-state index contributed by atoms with van der Waals surface area (Å²) in [6.45, 7) is 8.70. The zero-order valence-electron chi connectivity index (χ0n) is 11.5. The number of hydrogen-bond acceptors (Lipinski definition) is 2. The van der Waals surface area contributed by atoms with Crippen LogP contribution in [0.15, 0.2) is 30.3 Å². The van der Waals surface area contributed by atoms with Gasteiger partial charge in [-0.05, 0) is 43.5 Å². The van der Waals surface area contributed by atoms with E-state index in [1.165, 1.54) is 0 Å². The minimum Gasteiger partial charge on any atom is -0.494 e. The molecule has 96 valence electrons. The van der Waals surface area contributed by atoms with Crippen molar-refractivity contribution in [1.82, 2.24) is 5.32 Å². The molecular formula is C15H25NO. The van der Waals surface area contributed by atoms with Gasteiger partial charge in [0.15, 0.2) is 0 Å². The van der Waals surface area contributed by atoms with Crippen LogP contribution < -0.4 is 10.1 Å². The van der Waals surface area contributed by atoms with Gasteiger partial charge in [-0.25, -0.2) is 0 Å². The topological polar surface area (TPSA) is 21.3 Å². The van der Waals surface area contributed by atoms with E-state index >= 15 is 0 Å². The summed E-state index contributed by atoms with van der Waals surface area (Å²) in [5, 5.41) is 3.27. The summed E-state index contributed by atoms with van der Waals surface area (Å²) in [5.41, 5.74) is 0.322. The zero-order chi connectivity index (χ0) is 12.7. The Morgan fingerprint density at radius 1 is 1.18 bits per heavy atom. The molecule has 2 nitrogen and oxygen atoms in total. The molecule has 17 heavy (non-hydrogen) atoms. The van der Waals surface area contributed by atoms with Gasteiger partial charge in [-0.2, -0.15) is 0 Å². The van der Waals surface area contributed by atoms with E-state index in [2.05, 4.69) is 26.1 Å². The Morgan fingerprint density at radius 2 is 1.82 bits per heavy atom. The largest absolute Gasteiger partial charge is 0.494 e. The molecule has 0 heterocycles. The lowest BCUT2D eigenvalue weighted by Crippen LogP contribution is -2.31. The highest BCUT2D eigenvalue weighted by atomic mass is 16.5. The smallest absolute Gasteiger partial charge is 0.119 e. The van der Waals surface area contributed by atoms with Crippen molar-refractivity contribution in [2.75, 3.05) is 20.2 Å². The van der Waals surface area contributed by atoms with E-state index < -0.39 is 0 Å². The van der Waals surface area contributed by atoms with Crippen LogP contribution in [-0.2, 0) is 0 Å². The van der Waals surface area contributed by atoms with Gasteiger partial charge < -0.3 is 10.1 Å². The van der Waals surface area contributed by atoms with Crippen molar-refractivity contribution >= 4 is 0 Å². The zero-order valence-corrected chi connectivity index (χ0v) is 11.5. The molecule has 0 saturated heterocycles. The Balaban J connectivity index is 2.37. The van der Waals surface area contributed by atoms with Gasteiger partial charge in [0.25, 0.3) is 0 Å². The second kappa shape index (κ2) is 6.65. The van der Waals surface area contributed by atoms with Gasteiger partial charge >= 0.3 is 0 Å².